The Balaban J connectivity index is 1.87. The van der Waals surface area contributed by atoms with Crippen LogP contribution in [0, 0.1) is 0 Å². The predicted octanol–water partition coefficient (Wildman–Crippen LogP) is 2.37. The summed E-state index contributed by atoms with van der Waals surface area (Å²) in [6.07, 6.45) is 2.45. The normalized spacial score (nSPS) is 31.0. The van der Waals surface area contributed by atoms with E-state index < -0.39 is 0 Å². The van der Waals surface area contributed by atoms with Crippen LogP contribution in [0.3, 0.4) is 0 Å². The molecule has 0 amide bonds. The largest absolute Gasteiger partial charge is 0.379 e. The number of likely N-dealkylation sites (N-methyl/N-ethyl adjacent to an activating group) is 1. The zero-order chi connectivity index (χ0) is 13.9. The summed E-state index contributed by atoms with van der Waals surface area (Å²) >= 11 is 0. The Morgan fingerprint density at radius 1 is 1.35 bits per heavy atom. The van der Waals surface area contributed by atoms with Crippen LogP contribution in [-0.2, 0) is 11.2 Å². The number of rotatable bonds is 3. The maximum Gasteiger partial charge on any atom is 0.0619 e. The van der Waals surface area contributed by atoms with Crippen molar-refractivity contribution in [1.29, 1.82) is 0 Å². The van der Waals surface area contributed by atoms with Crippen molar-refractivity contribution >= 4 is 0 Å². The molecule has 20 heavy (non-hydrogen) atoms. The molecule has 1 aromatic rings. The maximum absolute atomic E-state index is 5.61. The standard InChI is InChI=1S/C17H26N2O/c1-3-18-17-15-7-5-4-6-14(15)8-9-16(17)19-10-11-20-12-13(19)2/h4-7,13,16-18H,3,8-12H2,1-2H3. The SMILES string of the molecule is CCNC1c2ccccc2CCC1N1CCOCC1C. The number of hydrogen-bond acceptors (Lipinski definition) is 3. The Morgan fingerprint density at radius 3 is 3.00 bits per heavy atom. The van der Waals surface area contributed by atoms with E-state index in [1.165, 1.54) is 24.0 Å². The molecule has 1 aromatic carbocycles. The van der Waals surface area contributed by atoms with Gasteiger partial charge in [0.2, 0.25) is 0 Å². The van der Waals surface area contributed by atoms with Crippen LogP contribution in [0.4, 0.5) is 0 Å². The first-order valence-electron chi connectivity index (χ1n) is 7.96. The topological polar surface area (TPSA) is 24.5 Å². The molecule has 3 unspecified atom stereocenters. The first-order chi connectivity index (χ1) is 9.81. The van der Waals surface area contributed by atoms with Crippen molar-refractivity contribution in [3.63, 3.8) is 0 Å². The Bertz CT molecular complexity index is 448. The fraction of sp³-hybridized carbons (Fsp3) is 0.647. The average Bonchev–Trinajstić information content (AvgIpc) is 2.49. The van der Waals surface area contributed by atoms with E-state index in [1.54, 1.807) is 0 Å². The van der Waals surface area contributed by atoms with Gasteiger partial charge in [-0.1, -0.05) is 31.2 Å². The van der Waals surface area contributed by atoms with E-state index in [9.17, 15) is 0 Å². The monoisotopic (exact) mass is 274 g/mol. The number of morpholine rings is 1. The third-order valence-corrected chi connectivity index (χ3v) is 4.75. The van der Waals surface area contributed by atoms with Crippen LogP contribution in [0.5, 0.6) is 0 Å². The second kappa shape index (κ2) is 6.25. The molecule has 0 spiro atoms. The van der Waals surface area contributed by atoms with Gasteiger partial charge in [0.05, 0.1) is 13.2 Å². The fourth-order valence-electron chi connectivity index (χ4n) is 3.80. The van der Waals surface area contributed by atoms with Gasteiger partial charge in [-0.05, 0) is 37.4 Å². The zero-order valence-electron chi connectivity index (χ0n) is 12.6. The van der Waals surface area contributed by atoms with Crippen molar-refractivity contribution in [2.75, 3.05) is 26.3 Å². The molecule has 3 rings (SSSR count). The highest BCUT2D eigenvalue weighted by Crippen LogP contribution is 2.34. The molecule has 3 heteroatoms. The van der Waals surface area contributed by atoms with Crippen LogP contribution in [-0.4, -0.2) is 43.3 Å². The molecular weight excluding hydrogens is 248 g/mol. The van der Waals surface area contributed by atoms with Crippen LogP contribution in [0.15, 0.2) is 24.3 Å². The average molecular weight is 274 g/mol. The molecule has 1 N–H and O–H groups in total. The van der Waals surface area contributed by atoms with Crippen LogP contribution >= 0.6 is 0 Å². The molecule has 1 aliphatic carbocycles. The number of fused-ring (bicyclic) bond motifs is 1. The van der Waals surface area contributed by atoms with Crippen molar-refractivity contribution in [2.24, 2.45) is 0 Å². The summed E-state index contributed by atoms with van der Waals surface area (Å²) in [5, 5.41) is 3.73. The Kier molecular flexibility index (Phi) is 4.39. The minimum absolute atomic E-state index is 0.463. The van der Waals surface area contributed by atoms with Crippen LogP contribution in [0.2, 0.25) is 0 Å². The van der Waals surface area contributed by atoms with Gasteiger partial charge in [0, 0.05) is 24.7 Å². The van der Waals surface area contributed by atoms with E-state index in [4.69, 9.17) is 4.74 Å². The quantitative estimate of drug-likeness (QED) is 0.916. The van der Waals surface area contributed by atoms with Gasteiger partial charge in [0.15, 0.2) is 0 Å². The highest BCUT2D eigenvalue weighted by atomic mass is 16.5. The Labute approximate surface area is 122 Å². The molecule has 0 radical (unpaired) electrons. The Hall–Kier alpha value is -0.900. The molecule has 0 bridgehead atoms. The minimum Gasteiger partial charge on any atom is -0.379 e. The lowest BCUT2D eigenvalue weighted by molar-refractivity contribution is -0.0333. The van der Waals surface area contributed by atoms with Crippen LogP contribution < -0.4 is 5.32 Å². The highest BCUT2D eigenvalue weighted by molar-refractivity contribution is 5.34. The van der Waals surface area contributed by atoms with Gasteiger partial charge < -0.3 is 10.1 Å². The molecular formula is C17H26N2O. The van der Waals surface area contributed by atoms with E-state index >= 15 is 0 Å². The van der Waals surface area contributed by atoms with Crippen molar-refractivity contribution in [2.45, 2.75) is 44.8 Å². The van der Waals surface area contributed by atoms with Gasteiger partial charge >= 0.3 is 0 Å². The number of benzene rings is 1. The van der Waals surface area contributed by atoms with Gasteiger partial charge in [0.25, 0.3) is 0 Å². The number of aryl methyl sites for hydroxylation is 1. The van der Waals surface area contributed by atoms with E-state index in [2.05, 4.69) is 48.3 Å². The molecule has 0 saturated carbocycles. The van der Waals surface area contributed by atoms with Gasteiger partial charge in [-0.15, -0.1) is 0 Å². The van der Waals surface area contributed by atoms with E-state index in [0.29, 0.717) is 18.1 Å². The number of hydrogen-bond donors (Lipinski definition) is 1. The molecule has 2 aliphatic rings. The molecule has 3 atom stereocenters. The van der Waals surface area contributed by atoms with Gasteiger partial charge in [-0.2, -0.15) is 0 Å². The number of nitrogens with one attached hydrogen (secondary N) is 1. The van der Waals surface area contributed by atoms with Gasteiger partial charge in [0.1, 0.15) is 0 Å². The molecule has 1 saturated heterocycles. The van der Waals surface area contributed by atoms with E-state index in [-0.39, 0.29) is 0 Å². The van der Waals surface area contributed by atoms with E-state index in [0.717, 1.165) is 26.3 Å². The molecule has 3 nitrogen and oxygen atoms in total. The molecule has 0 aromatic heterocycles. The second-order valence-electron chi connectivity index (χ2n) is 6.00. The maximum atomic E-state index is 5.61. The van der Waals surface area contributed by atoms with Gasteiger partial charge in [-0.3, -0.25) is 4.90 Å². The van der Waals surface area contributed by atoms with Gasteiger partial charge in [-0.25, -0.2) is 0 Å². The van der Waals surface area contributed by atoms with Crippen molar-refractivity contribution in [3.8, 4) is 0 Å². The summed E-state index contributed by atoms with van der Waals surface area (Å²) in [6.45, 7) is 8.34. The molecule has 110 valence electrons. The number of ether oxygens (including phenoxy) is 1. The Morgan fingerprint density at radius 2 is 2.20 bits per heavy atom. The zero-order valence-corrected chi connectivity index (χ0v) is 12.6. The smallest absolute Gasteiger partial charge is 0.0619 e. The third-order valence-electron chi connectivity index (χ3n) is 4.75. The summed E-state index contributed by atoms with van der Waals surface area (Å²) in [5.41, 5.74) is 3.03. The first-order valence-corrected chi connectivity index (χ1v) is 7.96. The fourth-order valence-corrected chi connectivity index (χ4v) is 3.80. The van der Waals surface area contributed by atoms with Crippen LogP contribution in [0.25, 0.3) is 0 Å². The lowest BCUT2D eigenvalue weighted by atomic mass is 9.82. The minimum atomic E-state index is 0.463. The third kappa shape index (κ3) is 2.62. The summed E-state index contributed by atoms with van der Waals surface area (Å²) < 4.78 is 5.61. The summed E-state index contributed by atoms with van der Waals surface area (Å²) in [5.74, 6) is 0. The summed E-state index contributed by atoms with van der Waals surface area (Å²) in [6, 6.07) is 10.5. The first kappa shape index (κ1) is 14.1. The van der Waals surface area contributed by atoms with Crippen molar-refractivity contribution < 1.29 is 4.74 Å². The van der Waals surface area contributed by atoms with Crippen molar-refractivity contribution in [1.82, 2.24) is 10.2 Å². The summed E-state index contributed by atoms with van der Waals surface area (Å²) in [7, 11) is 0. The van der Waals surface area contributed by atoms with Crippen LogP contribution in [0.1, 0.15) is 37.4 Å². The molecule has 1 fully saturated rings. The van der Waals surface area contributed by atoms with E-state index in [1.807, 2.05) is 0 Å². The molecule has 1 heterocycles. The van der Waals surface area contributed by atoms with Crippen molar-refractivity contribution in [3.05, 3.63) is 35.4 Å². The predicted molar refractivity (Wildman–Crippen MR) is 82.0 cm³/mol. The highest BCUT2D eigenvalue weighted by Gasteiger charge is 2.35. The lowest BCUT2D eigenvalue weighted by Gasteiger charge is -2.45. The lowest BCUT2D eigenvalue weighted by Crippen LogP contribution is -2.55. The summed E-state index contributed by atoms with van der Waals surface area (Å²) in [4.78, 5) is 2.66. The second-order valence-corrected chi connectivity index (χ2v) is 6.00. The molecule has 1 aliphatic heterocycles. The number of nitrogens with zero attached hydrogens (tertiary/aromatic N) is 1.